The molecule has 1 aromatic carbocycles. The normalized spacial score (nSPS) is 20.8. The number of likely N-dealkylation sites (tertiary alicyclic amines) is 1. The average Bonchev–Trinajstić information content (AvgIpc) is 2.76. The Bertz CT molecular complexity index is 562. The molecule has 2 rings (SSSR count). The number of nitrogens with one attached hydrogen (secondary N) is 1. The van der Waals surface area contributed by atoms with Gasteiger partial charge in [0.15, 0.2) is 0 Å². The molecule has 0 spiro atoms. The highest BCUT2D eigenvalue weighted by Crippen LogP contribution is 2.23. The average molecular weight is 348 g/mol. The van der Waals surface area contributed by atoms with Crippen molar-refractivity contribution in [3.63, 3.8) is 0 Å². The molecule has 0 aliphatic carbocycles. The molecule has 1 heterocycles. The summed E-state index contributed by atoms with van der Waals surface area (Å²) in [6, 6.07) is 4.63. The second kappa shape index (κ2) is 5.78. The third kappa shape index (κ3) is 3.68. The van der Waals surface area contributed by atoms with Gasteiger partial charge < -0.3 is 10.6 Å². The lowest BCUT2D eigenvalue weighted by Gasteiger charge is -2.12. The summed E-state index contributed by atoms with van der Waals surface area (Å²) in [4.78, 5) is 2.44. The van der Waals surface area contributed by atoms with Gasteiger partial charge in [0.05, 0.1) is 4.90 Å². The first-order valence-corrected chi connectivity index (χ1v) is 8.39. The number of hydrogen-bond donors (Lipinski definition) is 2. The summed E-state index contributed by atoms with van der Waals surface area (Å²) in [5.74, 6) is 0.386. The number of nitrogens with zero attached hydrogens (tertiary/aromatic N) is 1. The van der Waals surface area contributed by atoms with Crippen LogP contribution in [0.15, 0.2) is 27.6 Å². The molecule has 19 heavy (non-hydrogen) atoms. The molecule has 0 amide bonds. The number of benzene rings is 1. The van der Waals surface area contributed by atoms with Crippen molar-refractivity contribution in [1.82, 2.24) is 9.62 Å². The van der Waals surface area contributed by atoms with E-state index in [1.165, 1.54) is 12.1 Å². The monoisotopic (exact) mass is 347 g/mol. The van der Waals surface area contributed by atoms with Gasteiger partial charge in [-0.3, -0.25) is 0 Å². The number of nitrogens with two attached hydrogens (primary N) is 1. The van der Waals surface area contributed by atoms with E-state index in [1.54, 1.807) is 6.07 Å². The van der Waals surface area contributed by atoms with E-state index in [4.69, 9.17) is 5.73 Å². The van der Waals surface area contributed by atoms with Crippen LogP contribution in [0, 0.1) is 5.92 Å². The molecule has 5 nitrogen and oxygen atoms in total. The summed E-state index contributed by atoms with van der Waals surface area (Å²) in [6.45, 7) is 2.45. The minimum atomic E-state index is -3.46. The third-order valence-corrected chi connectivity index (χ3v) is 5.44. The molecule has 7 heteroatoms. The maximum absolute atomic E-state index is 12.1. The Labute approximate surface area is 122 Å². The van der Waals surface area contributed by atoms with Crippen molar-refractivity contribution in [2.75, 3.05) is 32.4 Å². The molecule has 1 aliphatic heterocycles. The van der Waals surface area contributed by atoms with Crippen molar-refractivity contribution < 1.29 is 8.42 Å². The fourth-order valence-corrected chi connectivity index (χ4v) is 3.85. The minimum absolute atomic E-state index is 0.236. The second-order valence-corrected chi connectivity index (χ2v) is 7.57. The number of anilines is 1. The molecule has 3 N–H and O–H groups in total. The van der Waals surface area contributed by atoms with Crippen LogP contribution in [0.5, 0.6) is 0 Å². The van der Waals surface area contributed by atoms with E-state index in [2.05, 4.69) is 25.6 Å². The number of rotatable bonds is 4. The molecule has 0 bridgehead atoms. The maximum Gasteiger partial charge on any atom is 0.240 e. The molecule has 0 saturated carbocycles. The fraction of sp³-hybridized carbons (Fsp3) is 0.500. The largest absolute Gasteiger partial charge is 0.398 e. The van der Waals surface area contributed by atoms with E-state index in [0.29, 0.717) is 22.6 Å². The van der Waals surface area contributed by atoms with Crippen LogP contribution in [0.2, 0.25) is 0 Å². The fourth-order valence-electron chi connectivity index (χ4n) is 2.18. The van der Waals surface area contributed by atoms with Gasteiger partial charge in [-0.2, -0.15) is 0 Å². The van der Waals surface area contributed by atoms with Gasteiger partial charge in [-0.15, -0.1) is 0 Å². The Morgan fingerprint density at radius 1 is 1.53 bits per heavy atom. The SMILES string of the molecule is CN1CCC(CNS(=O)(=O)c2ccc(N)c(Br)c2)C1. The molecule has 1 saturated heterocycles. The minimum Gasteiger partial charge on any atom is -0.398 e. The van der Waals surface area contributed by atoms with Crippen LogP contribution in [0.3, 0.4) is 0 Å². The smallest absolute Gasteiger partial charge is 0.240 e. The zero-order valence-corrected chi connectivity index (χ0v) is 13.2. The van der Waals surface area contributed by atoms with Crippen LogP contribution in [-0.2, 0) is 10.0 Å². The summed E-state index contributed by atoms with van der Waals surface area (Å²) in [5.41, 5.74) is 6.18. The van der Waals surface area contributed by atoms with Crippen LogP contribution >= 0.6 is 15.9 Å². The van der Waals surface area contributed by atoms with Crippen molar-refractivity contribution in [3.8, 4) is 0 Å². The highest BCUT2D eigenvalue weighted by atomic mass is 79.9. The predicted molar refractivity (Wildman–Crippen MR) is 79.3 cm³/mol. The van der Waals surface area contributed by atoms with Gasteiger partial charge in [0.25, 0.3) is 0 Å². The Kier molecular flexibility index (Phi) is 4.50. The van der Waals surface area contributed by atoms with Gasteiger partial charge in [0.1, 0.15) is 0 Å². The third-order valence-electron chi connectivity index (χ3n) is 3.33. The van der Waals surface area contributed by atoms with Crippen LogP contribution in [-0.4, -0.2) is 40.0 Å². The van der Waals surface area contributed by atoms with Gasteiger partial charge in [-0.25, -0.2) is 13.1 Å². The first-order valence-electron chi connectivity index (χ1n) is 6.12. The van der Waals surface area contributed by atoms with Crippen molar-refractivity contribution in [1.29, 1.82) is 0 Å². The van der Waals surface area contributed by atoms with E-state index in [1.807, 2.05) is 7.05 Å². The zero-order chi connectivity index (χ0) is 14.0. The van der Waals surface area contributed by atoms with Gasteiger partial charge in [-0.05, 0) is 60.1 Å². The lowest BCUT2D eigenvalue weighted by atomic mass is 10.1. The molecule has 1 atom stereocenters. The summed E-state index contributed by atoms with van der Waals surface area (Å²) in [5, 5.41) is 0. The molecule has 0 radical (unpaired) electrons. The van der Waals surface area contributed by atoms with Crippen LogP contribution in [0.4, 0.5) is 5.69 Å². The predicted octanol–water partition coefficient (Wildman–Crippen LogP) is 1.26. The Hall–Kier alpha value is -0.630. The molecule has 1 unspecified atom stereocenters. The summed E-state index contributed by atoms with van der Waals surface area (Å²) < 4.78 is 27.6. The maximum atomic E-state index is 12.1. The summed E-state index contributed by atoms with van der Waals surface area (Å²) in [7, 11) is -1.41. The van der Waals surface area contributed by atoms with Crippen LogP contribution in [0.1, 0.15) is 6.42 Å². The van der Waals surface area contributed by atoms with Gasteiger partial charge in [0, 0.05) is 23.2 Å². The van der Waals surface area contributed by atoms with Crippen molar-refractivity contribution >= 4 is 31.6 Å². The number of sulfonamides is 1. The molecule has 106 valence electrons. The van der Waals surface area contributed by atoms with E-state index >= 15 is 0 Å². The number of hydrogen-bond acceptors (Lipinski definition) is 4. The lowest BCUT2D eigenvalue weighted by molar-refractivity contribution is 0.394. The summed E-state index contributed by atoms with van der Waals surface area (Å²) >= 11 is 3.24. The van der Waals surface area contributed by atoms with Gasteiger partial charge in [-0.1, -0.05) is 0 Å². The lowest BCUT2D eigenvalue weighted by Crippen LogP contribution is -2.30. The molecule has 0 aromatic heterocycles. The van der Waals surface area contributed by atoms with Gasteiger partial charge >= 0.3 is 0 Å². The molecule has 1 aromatic rings. The molecule has 1 fully saturated rings. The number of halogens is 1. The van der Waals surface area contributed by atoms with E-state index < -0.39 is 10.0 Å². The van der Waals surface area contributed by atoms with Crippen molar-refractivity contribution in [3.05, 3.63) is 22.7 Å². The Morgan fingerprint density at radius 2 is 2.26 bits per heavy atom. The molecular weight excluding hydrogens is 330 g/mol. The first-order chi connectivity index (χ1) is 8.88. The zero-order valence-electron chi connectivity index (χ0n) is 10.8. The van der Waals surface area contributed by atoms with E-state index in [9.17, 15) is 8.42 Å². The van der Waals surface area contributed by atoms with Crippen molar-refractivity contribution in [2.24, 2.45) is 5.92 Å². The van der Waals surface area contributed by atoms with Crippen molar-refractivity contribution in [2.45, 2.75) is 11.3 Å². The second-order valence-electron chi connectivity index (χ2n) is 4.95. The standard InChI is InChI=1S/C12H18BrN3O2S/c1-16-5-4-9(8-16)7-15-19(17,18)10-2-3-12(14)11(13)6-10/h2-3,6,9,15H,4-5,7-8,14H2,1H3. The van der Waals surface area contributed by atoms with Gasteiger partial charge in [0.2, 0.25) is 10.0 Å². The first kappa shape index (κ1) is 14.8. The Balaban J connectivity index is 2.03. The van der Waals surface area contributed by atoms with E-state index in [-0.39, 0.29) is 4.90 Å². The Morgan fingerprint density at radius 3 is 2.84 bits per heavy atom. The molecular formula is C12H18BrN3O2S. The highest BCUT2D eigenvalue weighted by Gasteiger charge is 2.22. The quantitative estimate of drug-likeness (QED) is 0.804. The summed E-state index contributed by atoms with van der Waals surface area (Å²) in [6.07, 6.45) is 1.03. The topological polar surface area (TPSA) is 75.4 Å². The number of nitrogen functional groups attached to an aromatic ring is 1. The van der Waals surface area contributed by atoms with Crippen LogP contribution < -0.4 is 10.5 Å². The molecule has 1 aliphatic rings. The van der Waals surface area contributed by atoms with E-state index in [0.717, 1.165) is 19.5 Å². The van der Waals surface area contributed by atoms with Crippen LogP contribution in [0.25, 0.3) is 0 Å². The highest BCUT2D eigenvalue weighted by molar-refractivity contribution is 9.10.